The van der Waals surface area contributed by atoms with Gasteiger partial charge in [-0.15, -0.1) is 24.0 Å². The highest BCUT2D eigenvalue weighted by atomic mass is 127. The summed E-state index contributed by atoms with van der Waals surface area (Å²) in [5, 5.41) is 3.06. The third-order valence-electron chi connectivity index (χ3n) is 1.71. The topological polar surface area (TPSA) is 59.6 Å². The van der Waals surface area contributed by atoms with Crippen LogP contribution in [0.25, 0.3) is 0 Å². The van der Waals surface area contributed by atoms with E-state index in [0.29, 0.717) is 18.0 Å². The van der Waals surface area contributed by atoms with Gasteiger partial charge in [-0.2, -0.15) is 0 Å². The first-order valence-electron chi connectivity index (χ1n) is 5.67. The summed E-state index contributed by atoms with van der Waals surface area (Å²) in [7, 11) is 0. The molecule has 0 unspecified atom stereocenters. The predicted octanol–water partition coefficient (Wildman–Crippen LogP) is 1.98. The Morgan fingerprint density at radius 3 is 2.44 bits per heavy atom. The van der Waals surface area contributed by atoms with Gasteiger partial charge in [0.25, 0.3) is 0 Å². The Morgan fingerprint density at radius 2 is 1.94 bits per heavy atom. The standard InChI is InChI=1S/C11H25N3O.HI/c1-9(2)8-14-11(12)13-6-5-7-15-10(3)4;/h9-10H,5-8H2,1-4H3,(H3,12,13,14);1H. The summed E-state index contributed by atoms with van der Waals surface area (Å²) < 4.78 is 5.40. The average Bonchev–Trinajstić information content (AvgIpc) is 2.13. The summed E-state index contributed by atoms with van der Waals surface area (Å²) in [5.74, 6) is 1.09. The molecule has 0 rings (SSSR count). The van der Waals surface area contributed by atoms with E-state index < -0.39 is 0 Å². The zero-order valence-electron chi connectivity index (χ0n) is 10.8. The molecule has 0 aromatic heterocycles. The van der Waals surface area contributed by atoms with Gasteiger partial charge in [-0.3, -0.25) is 4.99 Å². The molecule has 0 heterocycles. The molecule has 98 valence electrons. The van der Waals surface area contributed by atoms with Crippen molar-refractivity contribution in [2.24, 2.45) is 16.6 Å². The molecule has 0 aromatic carbocycles. The predicted molar refractivity (Wildman–Crippen MR) is 80.5 cm³/mol. The average molecular weight is 343 g/mol. The van der Waals surface area contributed by atoms with Crippen LogP contribution in [0.1, 0.15) is 34.1 Å². The molecule has 16 heavy (non-hydrogen) atoms. The molecule has 0 fully saturated rings. The number of nitrogens with one attached hydrogen (secondary N) is 1. The van der Waals surface area contributed by atoms with Gasteiger partial charge in [0.15, 0.2) is 5.96 Å². The molecule has 3 N–H and O–H groups in total. The minimum Gasteiger partial charge on any atom is -0.379 e. The van der Waals surface area contributed by atoms with Crippen LogP contribution >= 0.6 is 24.0 Å². The zero-order chi connectivity index (χ0) is 11.7. The Balaban J connectivity index is 0. The molecule has 0 saturated heterocycles. The van der Waals surface area contributed by atoms with Crippen LogP contribution in [0.3, 0.4) is 0 Å². The normalized spacial score (nSPS) is 11.8. The molecule has 0 spiro atoms. The Morgan fingerprint density at radius 1 is 1.31 bits per heavy atom. The van der Waals surface area contributed by atoms with Crippen molar-refractivity contribution >= 4 is 29.9 Å². The lowest BCUT2D eigenvalue weighted by Gasteiger charge is -2.08. The maximum Gasteiger partial charge on any atom is 0.188 e. The van der Waals surface area contributed by atoms with Crippen molar-refractivity contribution in [2.75, 3.05) is 19.7 Å². The highest BCUT2D eigenvalue weighted by Gasteiger charge is 1.95. The quantitative estimate of drug-likeness (QED) is 0.322. The van der Waals surface area contributed by atoms with Crippen molar-refractivity contribution in [3.05, 3.63) is 0 Å². The minimum absolute atomic E-state index is 0. The van der Waals surface area contributed by atoms with Crippen LogP contribution in [-0.2, 0) is 4.74 Å². The van der Waals surface area contributed by atoms with E-state index in [0.717, 1.165) is 26.1 Å². The molecule has 0 radical (unpaired) electrons. The lowest BCUT2D eigenvalue weighted by Crippen LogP contribution is -2.33. The summed E-state index contributed by atoms with van der Waals surface area (Å²) in [6, 6.07) is 0. The first kappa shape index (κ1) is 18.3. The van der Waals surface area contributed by atoms with Crippen LogP contribution in [0.4, 0.5) is 0 Å². The number of nitrogens with two attached hydrogens (primary N) is 1. The highest BCUT2D eigenvalue weighted by molar-refractivity contribution is 14.0. The smallest absolute Gasteiger partial charge is 0.188 e. The van der Waals surface area contributed by atoms with Crippen molar-refractivity contribution in [3.8, 4) is 0 Å². The summed E-state index contributed by atoms with van der Waals surface area (Å²) >= 11 is 0. The Bertz CT molecular complexity index is 184. The van der Waals surface area contributed by atoms with E-state index in [2.05, 4.69) is 24.2 Å². The van der Waals surface area contributed by atoms with Crippen molar-refractivity contribution in [1.82, 2.24) is 5.32 Å². The second-order valence-corrected chi connectivity index (χ2v) is 4.32. The number of halogens is 1. The van der Waals surface area contributed by atoms with E-state index in [1.54, 1.807) is 0 Å². The fourth-order valence-corrected chi connectivity index (χ4v) is 0.944. The van der Waals surface area contributed by atoms with Gasteiger partial charge in [-0.05, 0) is 26.2 Å². The van der Waals surface area contributed by atoms with Gasteiger partial charge >= 0.3 is 0 Å². The van der Waals surface area contributed by atoms with Crippen LogP contribution < -0.4 is 11.1 Å². The summed E-state index contributed by atoms with van der Waals surface area (Å²) in [6.45, 7) is 10.7. The summed E-state index contributed by atoms with van der Waals surface area (Å²) in [5.41, 5.74) is 5.66. The van der Waals surface area contributed by atoms with Crippen molar-refractivity contribution in [2.45, 2.75) is 40.2 Å². The molecule has 0 saturated carbocycles. The van der Waals surface area contributed by atoms with E-state index in [9.17, 15) is 0 Å². The van der Waals surface area contributed by atoms with Gasteiger partial charge < -0.3 is 15.8 Å². The van der Waals surface area contributed by atoms with E-state index in [4.69, 9.17) is 10.5 Å². The van der Waals surface area contributed by atoms with Crippen LogP contribution in [0.2, 0.25) is 0 Å². The molecular weight excluding hydrogens is 317 g/mol. The molecule has 0 aliphatic heterocycles. The number of aliphatic imine (C=N–C) groups is 1. The Kier molecular flexibility index (Phi) is 13.1. The number of hydrogen-bond acceptors (Lipinski definition) is 2. The van der Waals surface area contributed by atoms with Crippen LogP contribution in [-0.4, -0.2) is 31.8 Å². The van der Waals surface area contributed by atoms with Gasteiger partial charge in [-0.25, -0.2) is 0 Å². The highest BCUT2D eigenvalue weighted by Crippen LogP contribution is 1.91. The van der Waals surface area contributed by atoms with Gasteiger partial charge in [0, 0.05) is 19.7 Å². The number of hydrogen-bond donors (Lipinski definition) is 2. The van der Waals surface area contributed by atoms with E-state index in [1.807, 2.05) is 13.8 Å². The molecule has 0 aromatic rings. The fourth-order valence-electron chi connectivity index (χ4n) is 0.944. The third-order valence-corrected chi connectivity index (χ3v) is 1.71. The Hall–Kier alpha value is -0.0400. The lowest BCUT2D eigenvalue weighted by atomic mass is 10.2. The summed E-state index contributed by atoms with van der Waals surface area (Å²) in [6.07, 6.45) is 1.26. The van der Waals surface area contributed by atoms with Crippen LogP contribution in [0.5, 0.6) is 0 Å². The number of rotatable bonds is 7. The van der Waals surface area contributed by atoms with Gasteiger partial charge in [-0.1, -0.05) is 13.8 Å². The van der Waals surface area contributed by atoms with Crippen molar-refractivity contribution in [3.63, 3.8) is 0 Å². The van der Waals surface area contributed by atoms with Crippen molar-refractivity contribution in [1.29, 1.82) is 0 Å². The zero-order valence-corrected chi connectivity index (χ0v) is 13.2. The largest absolute Gasteiger partial charge is 0.379 e. The number of nitrogens with zero attached hydrogens (tertiary/aromatic N) is 1. The fraction of sp³-hybridized carbons (Fsp3) is 0.909. The number of ether oxygens (including phenoxy) is 1. The minimum atomic E-state index is 0. The van der Waals surface area contributed by atoms with Gasteiger partial charge in [0.05, 0.1) is 6.10 Å². The third kappa shape index (κ3) is 14.0. The van der Waals surface area contributed by atoms with Gasteiger partial charge in [0.2, 0.25) is 0 Å². The molecular formula is C11H26IN3O. The number of guanidine groups is 1. The van der Waals surface area contributed by atoms with E-state index in [-0.39, 0.29) is 24.0 Å². The monoisotopic (exact) mass is 343 g/mol. The SMILES string of the molecule is CC(C)CN=C(N)NCCCOC(C)C.I. The maximum atomic E-state index is 5.66. The molecule has 0 aliphatic rings. The molecule has 0 aliphatic carbocycles. The molecule has 0 atom stereocenters. The van der Waals surface area contributed by atoms with Crippen LogP contribution in [0.15, 0.2) is 4.99 Å². The van der Waals surface area contributed by atoms with E-state index in [1.165, 1.54) is 0 Å². The second kappa shape index (κ2) is 11.4. The molecule has 4 nitrogen and oxygen atoms in total. The maximum absolute atomic E-state index is 5.66. The lowest BCUT2D eigenvalue weighted by molar-refractivity contribution is 0.0777. The molecule has 0 amide bonds. The first-order chi connectivity index (χ1) is 7.02. The molecule has 0 bridgehead atoms. The van der Waals surface area contributed by atoms with Crippen molar-refractivity contribution < 1.29 is 4.74 Å². The van der Waals surface area contributed by atoms with Crippen LogP contribution in [0, 0.1) is 5.92 Å². The Labute approximate surface area is 116 Å². The molecule has 5 heteroatoms. The van der Waals surface area contributed by atoms with E-state index >= 15 is 0 Å². The summed E-state index contributed by atoms with van der Waals surface area (Å²) in [4.78, 5) is 4.20. The first-order valence-corrected chi connectivity index (χ1v) is 5.67. The van der Waals surface area contributed by atoms with Gasteiger partial charge in [0.1, 0.15) is 0 Å². The second-order valence-electron chi connectivity index (χ2n) is 4.32.